The smallest absolute Gasteiger partial charge is 0.329 e. The number of carbonyl (C=O) groups excluding carboxylic acids is 1. The lowest BCUT2D eigenvalue weighted by atomic mass is 10.1. The number of unbranched alkanes of at least 4 members (excludes halogenated alkanes) is 4. The highest BCUT2D eigenvalue weighted by molar-refractivity contribution is 5.76. The van der Waals surface area contributed by atoms with Crippen LogP contribution in [-0.4, -0.2) is 47.7 Å². The second-order valence-corrected chi connectivity index (χ2v) is 5.45. The molecular formula is C15H27NO4. The quantitative estimate of drug-likeness (QED) is 0.661. The van der Waals surface area contributed by atoms with E-state index in [-0.39, 0.29) is 18.6 Å². The predicted octanol–water partition coefficient (Wildman–Crippen LogP) is 2.44. The average Bonchev–Trinajstić information content (AvgIpc) is 2.45. The third-order valence-electron chi connectivity index (χ3n) is 3.73. The van der Waals surface area contributed by atoms with Crippen molar-refractivity contribution in [1.29, 1.82) is 0 Å². The Morgan fingerprint density at radius 2 is 1.80 bits per heavy atom. The first-order chi connectivity index (χ1) is 9.63. The molecule has 1 rings (SSSR count). The minimum Gasteiger partial charge on any atom is -0.480 e. The largest absolute Gasteiger partial charge is 0.480 e. The van der Waals surface area contributed by atoms with E-state index in [4.69, 9.17) is 9.84 Å². The molecule has 0 aromatic carbocycles. The summed E-state index contributed by atoms with van der Waals surface area (Å²) in [6.07, 6.45) is 7.92. The Kier molecular flexibility index (Phi) is 8.26. The molecule has 0 radical (unpaired) electrons. The van der Waals surface area contributed by atoms with Crippen LogP contribution in [0.5, 0.6) is 0 Å². The fourth-order valence-electron chi connectivity index (χ4n) is 2.50. The molecule has 1 N–H and O–H groups in total. The van der Waals surface area contributed by atoms with Crippen LogP contribution in [0, 0.1) is 0 Å². The average molecular weight is 285 g/mol. The van der Waals surface area contributed by atoms with Gasteiger partial charge >= 0.3 is 5.97 Å². The zero-order valence-corrected chi connectivity index (χ0v) is 12.5. The first-order valence-electron chi connectivity index (χ1n) is 7.74. The summed E-state index contributed by atoms with van der Waals surface area (Å²) < 4.78 is 5.26. The van der Waals surface area contributed by atoms with E-state index in [0.717, 1.165) is 25.7 Å². The summed E-state index contributed by atoms with van der Waals surface area (Å²) in [4.78, 5) is 24.3. The van der Waals surface area contributed by atoms with Crippen LogP contribution in [0.15, 0.2) is 0 Å². The summed E-state index contributed by atoms with van der Waals surface area (Å²) >= 11 is 0. The highest BCUT2D eigenvalue weighted by atomic mass is 16.5. The highest BCUT2D eigenvalue weighted by Crippen LogP contribution is 2.15. The van der Waals surface area contributed by atoms with E-state index in [2.05, 4.69) is 6.92 Å². The van der Waals surface area contributed by atoms with Crippen molar-refractivity contribution in [2.24, 2.45) is 0 Å². The molecule has 1 aliphatic heterocycles. The number of ether oxygens (including phenoxy) is 1. The molecule has 1 fully saturated rings. The van der Waals surface area contributed by atoms with E-state index in [0.29, 0.717) is 19.5 Å². The summed E-state index contributed by atoms with van der Waals surface area (Å²) in [6.45, 7) is 3.33. The zero-order valence-electron chi connectivity index (χ0n) is 12.5. The standard InChI is InChI=1S/C15H27NO4/c1-2-3-4-5-6-7-14(17)16-10-8-13(9-11-16)20-12-15(18)19/h13H,2-12H2,1H3,(H,18,19). The van der Waals surface area contributed by atoms with Crippen LogP contribution < -0.4 is 0 Å². The van der Waals surface area contributed by atoms with Gasteiger partial charge in [0, 0.05) is 19.5 Å². The molecule has 0 aromatic heterocycles. The van der Waals surface area contributed by atoms with Gasteiger partial charge in [0.15, 0.2) is 0 Å². The van der Waals surface area contributed by atoms with Gasteiger partial charge in [-0.1, -0.05) is 32.6 Å². The van der Waals surface area contributed by atoms with E-state index in [1.807, 2.05) is 4.90 Å². The van der Waals surface area contributed by atoms with Gasteiger partial charge in [-0.05, 0) is 19.3 Å². The lowest BCUT2D eigenvalue weighted by Gasteiger charge is -2.31. The number of likely N-dealkylation sites (tertiary alicyclic amines) is 1. The molecule has 5 nitrogen and oxygen atoms in total. The SMILES string of the molecule is CCCCCCCC(=O)N1CCC(OCC(=O)O)CC1. The maximum atomic E-state index is 12.0. The van der Waals surface area contributed by atoms with E-state index >= 15 is 0 Å². The second-order valence-electron chi connectivity index (χ2n) is 5.45. The second kappa shape index (κ2) is 9.75. The van der Waals surface area contributed by atoms with Gasteiger partial charge in [0.2, 0.25) is 5.91 Å². The van der Waals surface area contributed by atoms with Crippen molar-refractivity contribution in [3.05, 3.63) is 0 Å². The van der Waals surface area contributed by atoms with Crippen LogP contribution in [0.25, 0.3) is 0 Å². The van der Waals surface area contributed by atoms with Crippen molar-refractivity contribution in [3.63, 3.8) is 0 Å². The van der Waals surface area contributed by atoms with Gasteiger partial charge in [0.1, 0.15) is 6.61 Å². The van der Waals surface area contributed by atoms with Crippen LogP contribution in [-0.2, 0) is 14.3 Å². The van der Waals surface area contributed by atoms with Crippen molar-refractivity contribution >= 4 is 11.9 Å². The molecule has 0 bridgehead atoms. The lowest BCUT2D eigenvalue weighted by molar-refractivity contribution is -0.146. The van der Waals surface area contributed by atoms with Crippen molar-refractivity contribution in [2.75, 3.05) is 19.7 Å². The Morgan fingerprint density at radius 1 is 1.15 bits per heavy atom. The van der Waals surface area contributed by atoms with Crippen LogP contribution >= 0.6 is 0 Å². The lowest BCUT2D eigenvalue weighted by Crippen LogP contribution is -2.41. The van der Waals surface area contributed by atoms with Crippen molar-refractivity contribution in [2.45, 2.75) is 64.4 Å². The Bertz CT molecular complexity index is 298. The molecule has 0 spiro atoms. The minimum absolute atomic E-state index is 0.0142. The molecule has 1 saturated heterocycles. The van der Waals surface area contributed by atoms with Crippen LogP contribution in [0.3, 0.4) is 0 Å². The molecule has 1 aliphatic rings. The number of hydrogen-bond acceptors (Lipinski definition) is 3. The number of carbonyl (C=O) groups is 2. The number of hydrogen-bond donors (Lipinski definition) is 1. The first-order valence-corrected chi connectivity index (χ1v) is 7.74. The van der Waals surface area contributed by atoms with Gasteiger partial charge in [-0.3, -0.25) is 4.79 Å². The third-order valence-corrected chi connectivity index (χ3v) is 3.73. The molecule has 0 atom stereocenters. The van der Waals surface area contributed by atoms with Gasteiger partial charge in [-0.25, -0.2) is 4.79 Å². The zero-order chi connectivity index (χ0) is 14.8. The number of carboxylic acids is 1. The normalized spacial score (nSPS) is 16.4. The number of aliphatic carboxylic acids is 1. The molecule has 1 amide bonds. The number of nitrogens with zero attached hydrogens (tertiary/aromatic N) is 1. The molecule has 1 heterocycles. The predicted molar refractivity (Wildman–Crippen MR) is 76.6 cm³/mol. The minimum atomic E-state index is -0.935. The molecule has 5 heteroatoms. The van der Waals surface area contributed by atoms with Gasteiger partial charge in [0.05, 0.1) is 6.10 Å². The summed E-state index contributed by atoms with van der Waals surface area (Å²) in [7, 11) is 0. The topological polar surface area (TPSA) is 66.8 Å². The molecule has 116 valence electrons. The number of rotatable bonds is 9. The summed E-state index contributed by atoms with van der Waals surface area (Å²) in [5, 5.41) is 8.55. The van der Waals surface area contributed by atoms with E-state index in [9.17, 15) is 9.59 Å². The van der Waals surface area contributed by atoms with Gasteiger partial charge in [0.25, 0.3) is 0 Å². The Morgan fingerprint density at radius 3 is 2.40 bits per heavy atom. The molecule has 0 aromatic rings. The fourth-order valence-corrected chi connectivity index (χ4v) is 2.50. The number of amides is 1. The molecular weight excluding hydrogens is 258 g/mol. The van der Waals surface area contributed by atoms with Crippen molar-refractivity contribution in [1.82, 2.24) is 4.90 Å². The molecule has 0 unspecified atom stereocenters. The van der Waals surface area contributed by atoms with Gasteiger partial charge in [-0.2, -0.15) is 0 Å². The third kappa shape index (κ3) is 6.89. The molecule has 0 aliphatic carbocycles. The maximum absolute atomic E-state index is 12.0. The van der Waals surface area contributed by atoms with Crippen LogP contribution in [0.2, 0.25) is 0 Å². The maximum Gasteiger partial charge on any atom is 0.329 e. The van der Waals surface area contributed by atoms with Crippen molar-refractivity contribution < 1.29 is 19.4 Å². The monoisotopic (exact) mass is 285 g/mol. The highest BCUT2D eigenvalue weighted by Gasteiger charge is 2.23. The van der Waals surface area contributed by atoms with Crippen molar-refractivity contribution in [3.8, 4) is 0 Å². The van der Waals surface area contributed by atoms with Crippen LogP contribution in [0.1, 0.15) is 58.3 Å². The molecule has 20 heavy (non-hydrogen) atoms. The Labute approximate surface area is 121 Å². The first kappa shape index (κ1) is 17.0. The number of piperidine rings is 1. The molecule has 0 saturated carbocycles. The summed E-state index contributed by atoms with van der Waals surface area (Å²) in [5.74, 6) is -0.700. The van der Waals surface area contributed by atoms with Gasteiger partial charge < -0.3 is 14.7 Å². The van der Waals surface area contributed by atoms with Gasteiger partial charge in [-0.15, -0.1) is 0 Å². The van der Waals surface area contributed by atoms with E-state index < -0.39 is 5.97 Å². The summed E-state index contributed by atoms with van der Waals surface area (Å²) in [6, 6.07) is 0. The fraction of sp³-hybridized carbons (Fsp3) is 0.867. The number of carboxylic acid groups (broad SMARTS) is 1. The van der Waals surface area contributed by atoms with E-state index in [1.165, 1.54) is 19.3 Å². The van der Waals surface area contributed by atoms with E-state index in [1.54, 1.807) is 0 Å². The Balaban J connectivity index is 2.11. The van der Waals surface area contributed by atoms with Crippen LogP contribution in [0.4, 0.5) is 0 Å². The Hall–Kier alpha value is -1.10. The summed E-state index contributed by atoms with van der Waals surface area (Å²) in [5.41, 5.74) is 0.